The van der Waals surface area contributed by atoms with E-state index in [0.717, 1.165) is 16.1 Å². The van der Waals surface area contributed by atoms with Crippen LogP contribution in [0.1, 0.15) is 19.4 Å². The van der Waals surface area contributed by atoms with Crippen molar-refractivity contribution < 1.29 is 18.0 Å². The summed E-state index contributed by atoms with van der Waals surface area (Å²) in [5.41, 5.74) is 0.940. The molecular weight excluding hydrogens is 461 g/mol. The molecule has 2 aromatic carbocycles. The number of hydrogen-bond donors (Lipinski definition) is 1. The number of nitrogens with one attached hydrogen (secondary N) is 1. The van der Waals surface area contributed by atoms with Gasteiger partial charge in [-0.15, -0.1) is 0 Å². The van der Waals surface area contributed by atoms with Gasteiger partial charge in [-0.25, -0.2) is 8.42 Å². The summed E-state index contributed by atoms with van der Waals surface area (Å²) in [5, 5.41) is 3.13. The fraction of sp³-hybridized carbons (Fsp3) is 0.333. The van der Waals surface area contributed by atoms with Gasteiger partial charge in [-0.3, -0.25) is 13.9 Å². The van der Waals surface area contributed by atoms with Gasteiger partial charge in [0.05, 0.1) is 17.0 Å². The van der Waals surface area contributed by atoms with Crippen molar-refractivity contribution in [3.8, 4) is 0 Å². The van der Waals surface area contributed by atoms with Crippen molar-refractivity contribution in [2.45, 2.75) is 26.4 Å². The van der Waals surface area contributed by atoms with Crippen molar-refractivity contribution in [1.29, 1.82) is 0 Å². The lowest BCUT2D eigenvalue weighted by atomic mass is 10.1. The van der Waals surface area contributed by atoms with Crippen LogP contribution in [0.25, 0.3) is 0 Å². The van der Waals surface area contributed by atoms with Gasteiger partial charge in [0.1, 0.15) is 12.6 Å². The Morgan fingerprint density at radius 1 is 1.10 bits per heavy atom. The minimum absolute atomic E-state index is 0.0945. The molecule has 0 saturated carbocycles. The number of carbonyl (C=O) groups excluding carboxylic acids is 2. The average Bonchev–Trinajstić information content (AvgIpc) is 2.70. The fourth-order valence-electron chi connectivity index (χ4n) is 2.96. The molecule has 0 aliphatic rings. The van der Waals surface area contributed by atoms with Crippen LogP contribution >= 0.6 is 23.2 Å². The summed E-state index contributed by atoms with van der Waals surface area (Å²) < 4.78 is 25.9. The molecule has 0 aromatic heterocycles. The zero-order valence-electron chi connectivity index (χ0n) is 17.5. The number of carbonyl (C=O) groups is 2. The Hall–Kier alpha value is -2.29. The number of likely N-dealkylation sites (N-methyl/N-ethyl adjacent to an activating group) is 1. The first-order valence-corrected chi connectivity index (χ1v) is 12.2. The van der Waals surface area contributed by atoms with E-state index >= 15 is 0 Å². The molecule has 10 heteroatoms. The number of hydrogen-bond acceptors (Lipinski definition) is 4. The molecule has 2 aromatic rings. The number of benzene rings is 2. The Bertz CT molecular complexity index is 1030. The average molecular weight is 486 g/mol. The third kappa shape index (κ3) is 6.85. The predicted molar refractivity (Wildman–Crippen MR) is 124 cm³/mol. The molecule has 0 aliphatic heterocycles. The lowest BCUT2D eigenvalue weighted by Crippen LogP contribution is -2.51. The molecule has 2 rings (SSSR count). The van der Waals surface area contributed by atoms with E-state index in [1.807, 2.05) is 30.3 Å². The summed E-state index contributed by atoms with van der Waals surface area (Å²) in [4.78, 5) is 27.1. The van der Waals surface area contributed by atoms with Crippen molar-refractivity contribution in [1.82, 2.24) is 10.2 Å². The molecule has 2 amide bonds. The maximum atomic E-state index is 13.3. The Balaban J connectivity index is 2.39. The summed E-state index contributed by atoms with van der Waals surface area (Å²) in [6.45, 7) is 3.42. The van der Waals surface area contributed by atoms with Crippen LogP contribution in [0.3, 0.4) is 0 Å². The van der Waals surface area contributed by atoms with Crippen LogP contribution in [-0.4, -0.2) is 50.5 Å². The van der Waals surface area contributed by atoms with Gasteiger partial charge in [-0.1, -0.05) is 53.5 Å². The summed E-state index contributed by atoms with van der Waals surface area (Å²) >= 11 is 12.1. The minimum atomic E-state index is -3.85. The lowest BCUT2D eigenvalue weighted by molar-refractivity contribution is -0.139. The van der Waals surface area contributed by atoms with Gasteiger partial charge in [-0.2, -0.15) is 0 Å². The smallest absolute Gasteiger partial charge is 0.244 e. The van der Waals surface area contributed by atoms with E-state index in [2.05, 4.69) is 5.32 Å². The summed E-state index contributed by atoms with van der Waals surface area (Å²) in [7, 11) is -3.85. The number of sulfonamides is 1. The fourth-order valence-corrected chi connectivity index (χ4v) is 4.39. The second kappa shape index (κ2) is 10.8. The Morgan fingerprint density at radius 3 is 2.29 bits per heavy atom. The van der Waals surface area contributed by atoms with Gasteiger partial charge >= 0.3 is 0 Å². The molecule has 0 fully saturated rings. The number of halogens is 2. The SMILES string of the molecule is CCNC(=O)C(C)N(Cc1ccccc1)C(=O)CN(c1ccc(Cl)cc1Cl)S(C)(=O)=O. The number of anilines is 1. The molecule has 168 valence electrons. The van der Waals surface area contributed by atoms with E-state index in [1.165, 1.54) is 23.1 Å². The van der Waals surface area contributed by atoms with Crippen molar-refractivity contribution in [3.05, 3.63) is 64.1 Å². The topological polar surface area (TPSA) is 86.8 Å². The van der Waals surface area contributed by atoms with Crippen LogP contribution in [0.2, 0.25) is 10.0 Å². The molecule has 1 atom stereocenters. The molecular formula is C21H25Cl2N3O4S. The van der Waals surface area contributed by atoms with Gasteiger partial charge in [0.2, 0.25) is 21.8 Å². The minimum Gasteiger partial charge on any atom is -0.355 e. The maximum absolute atomic E-state index is 13.3. The molecule has 1 unspecified atom stereocenters. The van der Waals surface area contributed by atoms with Gasteiger partial charge in [0.15, 0.2) is 0 Å². The highest BCUT2D eigenvalue weighted by molar-refractivity contribution is 7.92. The molecule has 0 radical (unpaired) electrons. The highest BCUT2D eigenvalue weighted by Crippen LogP contribution is 2.30. The third-order valence-corrected chi connectivity index (χ3v) is 6.24. The Morgan fingerprint density at radius 2 is 1.74 bits per heavy atom. The molecule has 1 N–H and O–H groups in total. The van der Waals surface area contributed by atoms with Crippen LogP contribution in [0.4, 0.5) is 5.69 Å². The highest BCUT2D eigenvalue weighted by Gasteiger charge is 2.30. The normalized spacial score (nSPS) is 12.2. The largest absolute Gasteiger partial charge is 0.355 e. The quantitative estimate of drug-likeness (QED) is 0.589. The highest BCUT2D eigenvalue weighted by atomic mass is 35.5. The maximum Gasteiger partial charge on any atom is 0.244 e. The first kappa shape index (κ1) is 25.0. The first-order chi connectivity index (χ1) is 14.5. The number of nitrogens with zero attached hydrogens (tertiary/aromatic N) is 2. The molecule has 7 nitrogen and oxygen atoms in total. The first-order valence-electron chi connectivity index (χ1n) is 9.58. The van der Waals surface area contributed by atoms with Gasteiger partial charge < -0.3 is 10.2 Å². The zero-order chi connectivity index (χ0) is 23.2. The summed E-state index contributed by atoms with van der Waals surface area (Å²) in [6, 6.07) is 12.7. The van der Waals surface area contributed by atoms with E-state index < -0.39 is 28.5 Å². The van der Waals surface area contributed by atoms with Crippen LogP contribution in [-0.2, 0) is 26.2 Å². The van der Waals surface area contributed by atoms with Gasteiger partial charge in [0, 0.05) is 18.1 Å². The van der Waals surface area contributed by atoms with Crippen LogP contribution in [0.5, 0.6) is 0 Å². The standard InChI is InChI=1S/C21H25Cl2N3O4S/c1-4-24-21(28)15(2)25(13-16-8-6-5-7-9-16)20(27)14-26(31(3,29)30)19-11-10-17(22)12-18(19)23/h5-12,15H,4,13-14H2,1-3H3,(H,24,28). The molecule has 31 heavy (non-hydrogen) atoms. The Kier molecular flexibility index (Phi) is 8.73. The lowest BCUT2D eigenvalue weighted by Gasteiger charge is -2.31. The number of amides is 2. The summed E-state index contributed by atoms with van der Waals surface area (Å²) in [6.07, 6.45) is 0.986. The molecule has 0 spiro atoms. The van der Waals surface area contributed by atoms with Crippen molar-refractivity contribution in [3.63, 3.8) is 0 Å². The monoisotopic (exact) mass is 485 g/mol. The molecule has 0 bridgehead atoms. The van der Waals surface area contributed by atoms with E-state index in [-0.39, 0.29) is 23.2 Å². The van der Waals surface area contributed by atoms with E-state index in [9.17, 15) is 18.0 Å². The number of rotatable bonds is 9. The van der Waals surface area contributed by atoms with Crippen LogP contribution < -0.4 is 9.62 Å². The van der Waals surface area contributed by atoms with Crippen molar-refractivity contribution in [2.24, 2.45) is 0 Å². The van der Waals surface area contributed by atoms with Crippen molar-refractivity contribution >= 4 is 50.7 Å². The predicted octanol–water partition coefficient (Wildman–Crippen LogP) is 3.31. The van der Waals surface area contributed by atoms with E-state index in [0.29, 0.717) is 11.6 Å². The van der Waals surface area contributed by atoms with E-state index in [1.54, 1.807) is 13.8 Å². The Labute approximate surface area is 193 Å². The van der Waals surface area contributed by atoms with Crippen LogP contribution in [0.15, 0.2) is 48.5 Å². The molecule has 0 saturated heterocycles. The van der Waals surface area contributed by atoms with E-state index in [4.69, 9.17) is 23.2 Å². The van der Waals surface area contributed by atoms with Gasteiger partial charge in [-0.05, 0) is 37.6 Å². The van der Waals surface area contributed by atoms with Gasteiger partial charge in [0.25, 0.3) is 0 Å². The van der Waals surface area contributed by atoms with Crippen molar-refractivity contribution in [2.75, 3.05) is 23.7 Å². The second-order valence-corrected chi connectivity index (χ2v) is 9.69. The molecule has 0 heterocycles. The second-order valence-electron chi connectivity index (χ2n) is 6.94. The zero-order valence-corrected chi connectivity index (χ0v) is 19.8. The molecule has 0 aliphatic carbocycles. The third-order valence-electron chi connectivity index (χ3n) is 4.57. The van der Waals surface area contributed by atoms with Crippen LogP contribution in [0, 0.1) is 0 Å². The summed E-state index contributed by atoms with van der Waals surface area (Å²) in [5.74, 6) is -0.874.